The van der Waals surface area contributed by atoms with E-state index < -0.39 is 0 Å². The normalized spacial score (nSPS) is 13.9. The Morgan fingerprint density at radius 1 is 0.696 bits per heavy atom. The summed E-state index contributed by atoms with van der Waals surface area (Å²) in [5, 5.41) is 0. The zero-order valence-corrected chi connectivity index (χ0v) is 16.0. The molecule has 0 N–H and O–H groups in total. The molecule has 0 unspecified atom stereocenters. The molecule has 23 heavy (non-hydrogen) atoms. The summed E-state index contributed by atoms with van der Waals surface area (Å²) in [6, 6.07) is 9.68. The second-order valence-corrected chi connectivity index (χ2v) is 9.35. The lowest BCUT2D eigenvalue weighted by atomic mass is 9.78. The molecule has 0 amide bonds. The van der Waals surface area contributed by atoms with Gasteiger partial charge in [0.1, 0.15) is 0 Å². The van der Waals surface area contributed by atoms with E-state index in [-0.39, 0.29) is 10.8 Å². The summed E-state index contributed by atoms with van der Waals surface area (Å²) in [6.07, 6.45) is 1.08. The molecule has 0 saturated carbocycles. The van der Waals surface area contributed by atoms with Crippen LogP contribution in [-0.2, 0) is 17.3 Å². The fraction of sp³-hybridized carbons (Fsp3) is 0.478. The Bertz CT molecular complexity index is 777. The Kier molecular flexibility index (Phi) is 3.52. The van der Waals surface area contributed by atoms with Crippen LogP contribution in [0.5, 0.6) is 0 Å². The highest BCUT2D eigenvalue weighted by Gasteiger charge is 2.29. The van der Waals surface area contributed by atoms with Crippen LogP contribution in [0.1, 0.15) is 74.9 Å². The lowest BCUT2D eigenvalue weighted by molar-refractivity contribution is 0.585. The van der Waals surface area contributed by atoms with Crippen molar-refractivity contribution in [2.24, 2.45) is 0 Å². The third-order valence-electron chi connectivity index (χ3n) is 5.08. The maximum absolute atomic E-state index is 2.47. The van der Waals surface area contributed by atoms with Crippen LogP contribution < -0.4 is 0 Å². The lowest BCUT2D eigenvalue weighted by Crippen LogP contribution is -2.15. The van der Waals surface area contributed by atoms with Crippen molar-refractivity contribution in [2.75, 3.05) is 0 Å². The van der Waals surface area contributed by atoms with E-state index in [1.165, 1.54) is 44.5 Å². The highest BCUT2D eigenvalue weighted by molar-refractivity contribution is 5.82. The molecule has 0 heterocycles. The molecule has 0 aliphatic heterocycles. The van der Waals surface area contributed by atoms with Crippen LogP contribution in [0.25, 0.3) is 11.1 Å². The van der Waals surface area contributed by atoms with Gasteiger partial charge in [-0.3, -0.25) is 0 Å². The Hall–Kier alpha value is -1.56. The number of hydrogen-bond acceptors (Lipinski definition) is 0. The van der Waals surface area contributed by atoms with Gasteiger partial charge in [-0.05, 0) is 70.0 Å². The average molecular weight is 306 g/mol. The number of rotatable bonds is 0. The molecule has 0 saturated heterocycles. The number of aryl methyl sites for hydroxylation is 2. The van der Waals surface area contributed by atoms with Crippen molar-refractivity contribution in [3.8, 4) is 11.1 Å². The summed E-state index contributed by atoms with van der Waals surface area (Å²) in [5.41, 5.74) is 12.1. The van der Waals surface area contributed by atoms with E-state index in [0.29, 0.717) is 0 Å². The quantitative estimate of drug-likeness (QED) is 0.446. The Labute approximate surface area is 141 Å². The minimum absolute atomic E-state index is 0.171. The van der Waals surface area contributed by atoms with Crippen LogP contribution in [-0.4, -0.2) is 0 Å². The van der Waals surface area contributed by atoms with Crippen LogP contribution >= 0.6 is 0 Å². The smallest absolute Gasteiger partial charge is 0.00131 e. The summed E-state index contributed by atoms with van der Waals surface area (Å²) in [6.45, 7) is 18.4. The minimum Gasteiger partial charge on any atom is -0.0561 e. The van der Waals surface area contributed by atoms with Crippen molar-refractivity contribution in [3.05, 3.63) is 57.6 Å². The van der Waals surface area contributed by atoms with Crippen molar-refractivity contribution < 1.29 is 0 Å². The molecular weight excluding hydrogens is 276 g/mol. The number of fused-ring (bicyclic) bond motifs is 3. The van der Waals surface area contributed by atoms with Crippen molar-refractivity contribution in [1.82, 2.24) is 0 Å². The van der Waals surface area contributed by atoms with Crippen LogP contribution in [0, 0.1) is 13.8 Å². The molecule has 0 radical (unpaired) electrons. The van der Waals surface area contributed by atoms with Gasteiger partial charge in [0.15, 0.2) is 0 Å². The van der Waals surface area contributed by atoms with Gasteiger partial charge in [0.05, 0.1) is 0 Å². The minimum atomic E-state index is 0.171. The van der Waals surface area contributed by atoms with Gasteiger partial charge in [0.25, 0.3) is 0 Å². The Balaban J connectivity index is 2.32. The number of hydrogen-bond donors (Lipinski definition) is 0. The average Bonchev–Trinajstić information content (AvgIpc) is 2.70. The van der Waals surface area contributed by atoms with Gasteiger partial charge < -0.3 is 0 Å². The second-order valence-electron chi connectivity index (χ2n) is 9.35. The first-order valence-corrected chi connectivity index (χ1v) is 8.77. The van der Waals surface area contributed by atoms with Crippen LogP contribution in [0.3, 0.4) is 0 Å². The fourth-order valence-corrected chi connectivity index (χ4v) is 4.07. The molecule has 0 spiro atoms. The SMILES string of the molecule is Cc1cc2c(c(C(C)(C)C)c1)-c1cc(C(C)(C)C)c(C)cc1C2. The summed E-state index contributed by atoms with van der Waals surface area (Å²) in [5.74, 6) is 0. The third kappa shape index (κ3) is 2.73. The van der Waals surface area contributed by atoms with Gasteiger partial charge in [-0.1, -0.05) is 71.4 Å². The summed E-state index contributed by atoms with van der Waals surface area (Å²) >= 11 is 0. The van der Waals surface area contributed by atoms with E-state index in [9.17, 15) is 0 Å². The van der Waals surface area contributed by atoms with E-state index >= 15 is 0 Å². The van der Waals surface area contributed by atoms with E-state index in [0.717, 1.165) is 6.42 Å². The maximum atomic E-state index is 2.47. The van der Waals surface area contributed by atoms with Crippen molar-refractivity contribution in [1.29, 1.82) is 0 Å². The molecule has 122 valence electrons. The summed E-state index contributed by atoms with van der Waals surface area (Å²) in [7, 11) is 0. The summed E-state index contributed by atoms with van der Waals surface area (Å²) in [4.78, 5) is 0. The molecule has 0 nitrogen and oxygen atoms in total. The monoisotopic (exact) mass is 306 g/mol. The molecule has 3 rings (SSSR count). The van der Waals surface area contributed by atoms with Crippen molar-refractivity contribution in [2.45, 2.75) is 72.6 Å². The first-order chi connectivity index (χ1) is 10.5. The highest BCUT2D eigenvalue weighted by atomic mass is 14.3. The largest absolute Gasteiger partial charge is 0.0561 e. The molecule has 0 fully saturated rings. The van der Waals surface area contributed by atoms with Crippen molar-refractivity contribution >= 4 is 0 Å². The van der Waals surface area contributed by atoms with Gasteiger partial charge in [-0.15, -0.1) is 0 Å². The van der Waals surface area contributed by atoms with E-state index in [1.807, 2.05) is 0 Å². The fourth-order valence-electron chi connectivity index (χ4n) is 4.07. The number of benzene rings is 2. The maximum Gasteiger partial charge on any atom is -0.00131 e. The van der Waals surface area contributed by atoms with E-state index in [4.69, 9.17) is 0 Å². The van der Waals surface area contributed by atoms with Gasteiger partial charge in [-0.25, -0.2) is 0 Å². The molecule has 0 heteroatoms. The third-order valence-corrected chi connectivity index (χ3v) is 5.08. The Morgan fingerprint density at radius 3 is 1.87 bits per heavy atom. The first-order valence-electron chi connectivity index (χ1n) is 8.77. The molecule has 0 bridgehead atoms. The topological polar surface area (TPSA) is 0 Å². The van der Waals surface area contributed by atoms with Crippen LogP contribution in [0.15, 0.2) is 24.3 Å². The molecule has 0 aromatic heterocycles. The molecule has 2 aromatic rings. The summed E-state index contributed by atoms with van der Waals surface area (Å²) < 4.78 is 0. The molecule has 2 aromatic carbocycles. The van der Waals surface area contributed by atoms with Gasteiger partial charge in [0.2, 0.25) is 0 Å². The van der Waals surface area contributed by atoms with Crippen molar-refractivity contribution in [3.63, 3.8) is 0 Å². The van der Waals surface area contributed by atoms with Gasteiger partial charge in [0, 0.05) is 0 Å². The zero-order valence-electron chi connectivity index (χ0n) is 16.0. The Morgan fingerprint density at radius 2 is 1.30 bits per heavy atom. The molecule has 1 aliphatic carbocycles. The predicted molar refractivity (Wildman–Crippen MR) is 102 cm³/mol. The van der Waals surface area contributed by atoms with Gasteiger partial charge >= 0.3 is 0 Å². The predicted octanol–water partition coefficient (Wildman–Crippen LogP) is 6.47. The van der Waals surface area contributed by atoms with Crippen LogP contribution in [0.4, 0.5) is 0 Å². The standard InChI is InChI=1S/C23H30/c1-14-9-17-12-16-11-15(2)19(22(3,4)5)13-18(16)21(17)20(10-14)23(6,7)8/h9-11,13H,12H2,1-8H3. The second kappa shape index (κ2) is 4.97. The zero-order chi connectivity index (χ0) is 17.2. The molecular formula is C23H30. The lowest BCUT2D eigenvalue weighted by Gasteiger charge is -2.26. The van der Waals surface area contributed by atoms with E-state index in [1.54, 1.807) is 0 Å². The van der Waals surface area contributed by atoms with Crippen LogP contribution in [0.2, 0.25) is 0 Å². The molecule has 1 aliphatic rings. The highest BCUT2D eigenvalue weighted by Crippen LogP contribution is 2.45. The first kappa shape index (κ1) is 16.3. The molecule has 0 atom stereocenters. The van der Waals surface area contributed by atoms with E-state index in [2.05, 4.69) is 79.7 Å². The van der Waals surface area contributed by atoms with Gasteiger partial charge in [-0.2, -0.15) is 0 Å².